The first-order valence-electron chi connectivity index (χ1n) is 7.15. The van der Waals surface area contributed by atoms with Crippen molar-refractivity contribution in [2.45, 2.75) is 11.8 Å². The summed E-state index contributed by atoms with van der Waals surface area (Å²) in [6.45, 7) is 1.63. The van der Waals surface area contributed by atoms with Gasteiger partial charge in [0.2, 0.25) is 0 Å². The molecule has 0 amide bonds. The van der Waals surface area contributed by atoms with E-state index in [1.165, 1.54) is 11.1 Å². The van der Waals surface area contributed by atoms with Crippen LogP contribution in [0.1, 0.15) is 17.5 Å². The lowest BCUT2D eigenvalue weighted by Gasteiger charge is -2.37. The van der Waals surface area contributed by atoms with Crippen LogP contribution in [-0.4, -0.2) is 32.1 Å². The van der Waals surface area contributed by atoms with Gasteiger partial charge in [0, 0.05) is 12.0 Å². The van der Waals surface area contributed by atoms with Gasteiger partial charge in [-0.3, -0.25) is 0 Å². The molecule has 0 aliphatic rings. The van der Waals surface area contributed by atoms with Crippen molar-refractivity contribution in [2.75, 3.05) is 27.2 Å². The van der Waals surface area contributed by atoms with Crippen molar-refractivity contribution in [1.82, 2.24) is 4.90 Å². The van der Waals surface area contributed by atoms with E-state index < -0.39 is 0 Å². The van der Waals surface area contributed by atoms with Gasteiger partial charge < -0.3 is 10.6 Å². The van der Waals surface area contributed by atoms with E-state index in [2.05, 4.69) is 79.7 Å². The van der Waals surface area contributed by atoms with Crippen LogP contribution in [0.2, 0.25) is 0 Å². The van der Waals surface area contributed by atoms with E-state index >= 15 is 0 Å². The smallest absolute Gasteiger partial charge is 0.0341 e. The summed E-state index contributed by atoms with van der Waals surface area (Å²) in [6, 6.07) is 21.4. The fraction of sp³-hybridized carbons (Fsp3) is 0.333. The van der Waals surface area contributed by atoms with Gasteiger partial charge in [-0.05, 0) is 38.2 Å². The molecule has 0 aliphatic carbocycles. The third-order valence-corrected chi connectivity index (χ3v) is 3.81. The summed E-state index contributed by atoms with van der Waals surface area (Å²) in [5, 5.41) is 0. The number of likely N-dealkylation sites (N-methyl/N-ethyl adjacent to an activating group) is 1. The fourth-order valence-corrected chi connectivity index (χ4v) is 3.02. The summed E-state index contributed by atoms with van der Waals surface area (Å²) < 4.78 is 0. The van der Waals surface area contributed by atoms with Crippen LogP contribution in [0.4, 0.5) is 0 Å². The quantitative estimate of drug-likeness (QED) is 0.873. The van der Waals surface area contributed by atoms with Gasteiger partial charge in [-0.1, -0.05) is 60.7 Å². The lowest BCUT2D eigenvalue weighted by atomic mass is 9.71. The van der Waals surface area contributed by atoms with E-state index in [4.69, 9.17) is 5.73 Å². The number of benzene rings is 2. The molecule has 0 unspecified atom stereocenters. The summed E-state index contributed by atoms with van der Waals surface area (Å²) in [6.07, 6.45) is 0.944. The van der Waals surface area contributed by atoms with Crippen molar-refractivity contribution in [3.63, 3.8) is 0 Å². The van der Waals surface area contributed by atoms with Crippen LogP contribution in [-0.2, 0) is 5.41 Å². The molecule has 0 saturated heterocycles. The van der Waals surface area contributed by atoms with Crippen LogP contribution < -0.4 is 5.73 Å². The summed E-state index contributed by atoms with van der Waals surface area (Å²) in [5.74, 6) is 0. The zero-order valence-electron chi connectivity index (χ0n) is 12.4. The number of nitrogens with two attached hydrogens (primary N) is 1. The molecule has 0 fully saturated rings. The largest absolute Gasteiger partial charge is 0.330 e. The molecule has 106 valence electrons. The van der Waals surface area contributed by atoms with E-state index in [-0.39, 0.29) is 5.41 Å². The molecule has 2 heteroatoms. The lowest BCUT2D eigenvalue weighted by molar-refractivity contribution is 0.305. The Labute approximate surface area is 122 Å². The van der Waals surface area contributed by atoms with E-state index in [1.807, 2.05) is 0 Å². The number of rotatable bonds is 6. The Morgan fingerprint density at radius 1 is 0.850 bits per heavy atom. The first kappa shape index (κ1) is 14.8. The van der Waals surface area contributed by atoms with Gasteiger partial charge in [0.1, 0.15) is 0 Å². The molecule has 0 atom stereocenters. The molecular weight excluding hydrogens is 244 g/mol. The minimum atomic E-state index is -0.0409. The first-order valence-corrected chi connectivity index (χ1v) is 7.15. The second-order valence-electron chi connectivity index (χ2n) is 5.59. The lowest BCUT2D eigenvalue weighted by Crippen LogP contribution is -2.40. The molecule has 2 N–H and O–H groups in total. The molecule has 2 rings (SSSR count). The van der Waals surface area contributed by atoms with Gasteiger partial charge in [-0.2, -0.15) is 0 Å². The second kappa shape index (κ2) is 6.69. The van der Waals surface area contributed by atoms with Crippen molar-refractivity contribution >= 4 is 0 Å². The number of hydrogen-bond donors (Lipinski definition) is 1. The van der Waals surface area contributed by atoms with Crippen molar-refractivity contribution in [3.8, 4) is 0 Å². The zero-order valence-corrected chi connectivity index (χ0v) is 12.4. The third kappa shape index (κ3) is 3.09. The molecule has 0 spiro atoms. The fourth-order valence-electron chi connectivity index (χ4n) is 3.02. The average molecular weight is 268 g/mol. The molecule has 0 bridgehead atoms. The Morgan fingerprint density at radius 3 is 1.65 bits per heavy atom. The zero-order chi connectivity index (χ0) is 14.4. The first-order chi connectivity index (χ1) is 9.69. The van der Waals surface area contributed by atoms with Crippen molar-refractivity contribution in [1.29, 1.82) is 0 Å². The second-order valence-corrected chi connectivity index (χ2v) is 5.59. The van der Waals surface area contributed by atoms with Gasteiger partial charge in [0.05, 0.1) is 0 Å². The molecule has 0 radical (unpaired) electrons. The number of nitrogens with zero attached hydrogens (tertiary/aromatic N) is 1. The SMILES string of the molecule is CN(C)CC(CCN)(c1ccccc1)c1ccccc1. The van der Waals surface area contributed by atoms with Gasteiger partial charge >= 0.3 is 0 Å². The highest BCUT2D eigenvalue weighted by Crippen LogP contribution is 2.35. The molecule has 2 nitrogen and oxygen atoms in total. The van der Waals surface area contributed by atoms with E-state index in [9.17, 15) is 0 Å². The molecule has 0 saturated carbocycles. The number of hydrogen-bond acceptors (Lipinski definition) is 2. The molecular formula is C18H24N2. The van der Waals surface area contributed by atoms with E-state index in [0.717, 1.165) is 13.0 Å². The van der Waals surface area contributed by atoms with Crippen LogP contribution in [0.25, 0.3) is 0 Å². The molecule has 2 aromatic carbocycles. The third-order valence-electron chi connectivity index (χ3n) is 3.81. The molecule has 0 heterocycles. The highest BCUT2D eigenvalue weighted by Gasteiger charge is 2.33. The van der Waals surface area contributed by atoms with Crippen molar-refractivity contribution < 1.29 is 0 Å². The van der Waals surface area contributed by atoms with Crippen molar-refractivity contribution in [3.05, 3.63) is 71.8 Å². The topological polar surface area (TPSA) is 29.3 Å². The molecule has 2 aromatic rings. The summed E-state index contributed by atoms with van der Waals surface area (Å²) in [7, 11) is 4.24. The van der Waals surface area contributed by atoms with Gasteiger partial charge in [-0.25, -0.2) is 0 Å². The Balaban J connectivity index is 2.56. The van der Waals surface area contributed by atoms with E-state index in [0.29, 0.717) is 6.54 Å². The van der Waals surface area contributed by atoms with Crippen molar-refractivity contribution in [2.24, 2.45) is 5.73 Å². The standard InChI is InChI=1S/C18H24N2/c1-20(2)15-18(13-14-19,16-9-5-3-6-10-16)17-11-7-4-8-12-17/h3-12H,13-15,19H2,1-2H3. The maximum absolute atomic E-state index is 5.95. The monoisotopic (exact) mass is 268 g/mol. The van der Waals surface area contributed by atoms with Gasteiger partial charge in [0.25, 0.3) is 0 Å². The predicted molar refractivity (Wildman–Crippen MR) is 85.9 cm³/mol. The van der Waals surface area contributed by atoms with Crippen LogP contribution >= 0.6 is 0 Å². The normalized spacial score (nSPS) is 11.8. The van der Waals surface area contributed by atoms with Crippen LogP contribution in [0, 0.1) is 0 Å². The Bertz CT molecular complexity index is 466. The summed E-state index contributed by atoms with van der Waals surface area (Å²) in [4.78, 5) is 2.25. The minimum Gasteiger partial charge on any atom is -0.330 e. The van der Waals surface area contributed by atoms with Crippen LogP contribution in [0.5, 0.6) is 0 Å². The Morgan fingerprint density at radius 2 is 1.30 bits per heavy atom. The Kier molecular flexibility index (Phi) is 4.94. The predicted octanol–water partition coefficient (Wildman–Crippen LogP) is 2.88. The average Bonchev–Trinajstić information content (AvgIpc) is 2.48. The molecule has 0 aliphatic heterocycles. The maximum Gasteiger partial charge on any atom is 0.0341 e. The maximum atomic E-state index is 5.95. The molecule has 0 aromatic heterocycles. The minimum absolute atomic E-state index is 0.0409. The van der Waals surface area contributed by atoms with Gasteiger partial charge in [-0.15, -0.1) is 0 Å². The summed E-state index contributed by atoms with van der Waals surface area (Å²) >= 11 is 0. The van der Waals surface area contributed by atoms with E-state index in [1.54, 1.807) is 0 Å². The Hall–Kier alpha value is -1.64. The van der Waals surface area contributed by atoms with Crippen LogP contribution in [0.15, 0.2) is 60.7 Å². The molecule has 20 heavy (non-hydrogen) atoms. The summed E-state index contributed by atoms with van der Waals surface area (Å²) in [5.41, 5.74) is 8.58. The van der Waals surface area contributed by atoms with Gasteiger partial charge in [0.15, 0.2) is 0 Å². The van der Waals surface area contributed by atoms with Crippen LogP contribution in [0.3, 0.4) is 0 Å². The highest BCUT2D eigenvalue weighted by atomic mass is 15.1. The highest BCUT2D eigenvalue weighted by molar-refractivity contribution is 5.40.